The molecule has 17 heavy (non-hydrogen) atoms. The molecule has 0 saturated carbocycles. The van der Waals surface area contributed by atoms with Crippen LogP contribution >= 0.6 is 0 Å². The van der Waals surface area contributed by atoms with Crippen molar-refractivity contribution >= 4 is 11.6 Å². The van der Waals surface area contributed by atoms with Crippen molar-refractivity contribution in [2.24, 2.45) is 0 Å². The Morgan fingerprint density at radius 2 is 1.94 bits per heavy atom. The molecule has 0 aliphatic rings. The zero-order valence-corrected chi connectivity index (χ0v) is 10.1. The van der Waals surface area contributed by atoms with Gasteiger partial charge in [0.2, 0.25) is 0 Å². The number of carbonyl (C=O) groups excluding carboxylic acids is 1. The van der Waals surface area contributed by atoms with Gasteiger partial charge in [-0.25, -0.2) is 0 Å². The van der Waals surface area contributed by atoms with Crippen LogP contribution in [-0.4, -0.2) is 10.4 Å². The minimum atomic E-state index is 0.0565. The zero-order chi connectivity index (χ0) is 12.4. The predicted molar refractivity (Wildman–Crippen MR) is 69.1 cm³/mol. The number of rotatable bonds is 3. The maximum atomic E-state index is 11.4. The summed E-state index contributed by atoms with van der Waals surface area (Å²) in [6, 6.07) is 11.8. The van der Waals surface area contributed by atoms with E-state index in [1.54, 1.807) is 13.0 Å². The lowest BCUT2D eigenvalue weighted by molar-refractivity contribution is 0.101. The second kappa shape index (κ2) is 4.45. The van der Waals surface area contributed by atoms with E-state index >= 15 is 0 Å². The Morgan fingerprint density at radius 3 is 2.47 bits per heavy atom. The maximum absolute atomic E-state index is 11.4. The molecular formula is C14H16N2O. The van der Waals surface area contributed by atoms with E-state index < -0.39 is 0 Å². The van der Waals surface area contributed by atoms with Crippen molar-refractivity contribution < 1.29 is 4.79 Å². The molecule has 0 radical (unpaired) electrons. The van der Waals surface area contributed by atoms with E-state index in [-0.39, 0.29) is 5.78 Å². The molecule has 0 spiro atoms. The summed E-state index contributed by atoms with van der Waals surface area (Å²) in [5.41, 5.74) is 8.75. The Kier molecular flexibility index (Phi) is 3.00. The van der Waals surface area contributed by atoms with Crippen LogP contribution in [0.1, 0.15) is 28.5 Å². The summed E-state index contributed by atoms with van der Waals surface area (Å²) >= 11 is 0. The van der Waals surface area contributed by atoms with E-state index in [2.05, 4.69) is 0 Å². The van der Waals surface area contributed by atoms with Gasteiger partial charge in [0.05, 0.1) is 0 Å². The monoisotopic (exact) mass is 228 g/mol. The zero-order valence-electron chi connectivity index (χ0n) is 10.1. The number of anilines is 1. The molecule has 0 amide bonds. The third-order valence-electron chi connectivity index (χ3n) is 2.96. The smallest absolute Gasteiger partial charge is 0.161 e. The highest BCUT2D eigenvalue weighted by molar-refractivity contribution is 5.96. The maximum Gasteiger partial charge on any atom is 0.161 e. The number of nitrogens with two attached hydrogens (primary N) is 1. The third-order valence-corrected chi connectivity index (χ3v) is 2.96. The van der Waals surface area contributed by atoms with Crippen LogP contribution in [0.15, 0.2) is 36.4 Å². The Morgan fingerprint density at radius 1 is 1.29 bits per heavy atom. The van der Waals surface area contributed by atoms with E-state index in [1.165, 1.54) is 5.56 Å². The summed E-state index contributed by atoms with van der Waals surface area (Å²) in [5.74, 6) is 0.692. The first-order chi connectivity index (χ1) is 8.09. The van der Waals surface area contributed by atoms with Crippen molar-refractivity contribution in [3.8, 4) is 0 Å². The summed E-state index contributed by atoms with van der Waals surface area (Å²) < 4.78 is 1.96. The highest BCUT2D eigenvalue weighted by Gasteiger charge is 2.12. The number of carbonyl (C=O) groups is 1. The van der Waals surface area contributed by atoms with Gasteiger partial charge in [-0.1, -0.05) is 30.3 Å². The Balaban J connectivity index is 2.37. The van der Waals surface area contributed by atoms with Gasteiger partial charge in [0.1, 0.15) is 5.82 Å². The number of benzene rings is 1. The molecule has 0 bridgehead atoms. The van der Waals surface area contributed by atoms with Gasteiger partial charge in [-0.3, -0.25) is 4.79 Å². The van der Waals surface area contributed by atoms with E-state index in [0.717, 1.165) is 5.69 Å². The average molecular weight is 228 g/mol. The highest BCUT2D eigenvalue weighted by Crippen LogP contribution is 2.19. The van der Waals surface area contributed by atoms with Gasteiger partial charge in [0.15, 0.2) is 5.78 Å². The molecule has 0 unspecified atom stereocenters. The van der Waals surface area contributed by atoms with E-state index in [4.69, 9.17) is 5.73 Å². The van der Waals surface area contributed by atoms with E-state index in [9.17, 15) is 4.79 Å². The average Bonchev–Trinajstić information content (AvgIpc) is 2.58. The first-order valence-corrected chi connectivity index (χ1v) is 5.60. The minimum Gasteiger partial charge on any atom is -0.385 e. The summed E-state index contributed by atoms with van der Waals surface area (Å²) in [7, 11) is 0. The number of Topliss-reactive ketones (excluding diaryl/α,β-unsaturated/α-hetero) is 1. The van der Waals surface area contributed by atoms with Crippen LogP contribution in [0.2, 0.25) is 0 Å². The molecule has 1 heterocycles. The van der Waals surface area contributed by atoms with Gasteiger partial charge in [0, 0.05) is 17.8 Å². The first-order valence-electron chi connectivity index (χ1n) is 5.60. The van der Waals surface area contributed by atoms with Crippen LogP contribution in [0.3, 0.4) is 0 Å². The molecule has 1 aromatic heterocycles. The van der Waals surface area contributed by atoms with Crippen molar-refractivity contribution in [2.45, 2.75) is 20.4 Å². The fourth-order valence-corrected chi connectivity index (χ4v) is 2.00. The van der Waals surface area contributed by atoms with Gasteiger partial charge < -0.3 is 10.3 Å². The van der Waals surface area contributed by atoms with Gasteiger partial charge in [-0.15, -0.1) is 0 Å². The van der Waals surface area contributed by atoms with Crippen LogP contribution in [0.4, 0.5) is 5.82 Å². The predicted octanol–water partition coefficient (Wildman–Crippen LogP) is 2.63. The molecule has 0 aliphatic carbocycles. The van der Waals surface area contributed by atoms with Gasteiger partial charge in [-0.2, -0.15) is 0 Å². The second-order valence-corrected chi connectivity index (χ2v) is 4.20. The normalized spacial score (nSPS) is 10.5. The Bertz CT molecular complexity index is 541. The van der Waals surface area contributed by atoms with Gasteiger partial charge in [-0.05, 0) is 25.5 Å². The Labute approximate surface area is 101 Å². The lowest BCUT2D eigenvalue weighted by atomic mass is 10.2. The topological polar surface area (TPSA) is 48.0 Å². The van der Waals surface area contributed by atoms with Crippen molar-refractivity contribution in [1.29, 1.82) is 0 Å². The molecule has 0 atom stereocenters. The van der Waals surface area contributed by atoms with Crippen LogP contribution in [-0.2, 0) is 6.54 Å². The number of hydrogen-bond acceptors (Lipinski definition) is 2. The number of nitrogen functional groups attached to an aromatic ring is 1. The van der Waals surface area contributed by atoms with E-state index in [1.807, 2.05) is 41.8 Å². The molecule has 88 valence electrons. The third kappa shape index (κ3) is 2.23. The van der Waals surface area contributed by atoms with Gasteiger partial charge >= 0.3 is 0 Å². The quantitative estimate of drug-likeness (QED) is 0.821. The standard InChI is InChI=1S/C14H16N2O/c1-10-13(11(2)17)8-14(15)16(10)9-12-6-4-3-5-7-12/h3-8H,9,15H2,1-2H3. The highest BCUT2D eigenvalue weighted by atomic mass is 16.1. The first kappa shape index (κ1) is 11.5. The second-order valence-electron chi connectivity index (χ2n) is 4.20. The fourth-order valence-electron chi connectivity index (χ4n) is 2.00. The molecule has 2 N–H and O–H groups in total. The molecule has 2 rings (SSSR count). The molecule has 3 nitrogen and oxygen atoms in total. The number of hydrogen-bond donors (Lipinski definition) is 1. The number of ketones is 1. The molecule has 3 heteroatoms. The SMILES string of the molecule is CC(=O)c1cc(N)n(Cc2ccccc2)c1C. The summed E-state index contributed by atoms with van der Waals surface area (Å²) in [6.45, 7) is 4.19. The number of nitrogens with zero attached hydrogens (tertiary/aromatic N) is 1. The van der Waals surface area contributed by atoms with Crippen LogP contribution < -0.4 is 5.73 Å². The van der Waals surface area contributed by atoms with Crippen LogP contribution in [0.5, 0.6) is 0 Å². The minimum absolute atomic E-state index is 0.0565. The molecule has 0 saturated heterocycles. The van der Waals surface area contributed by atoms with Crippen molar-refractivity contribution in [2.75, 3.05) is 5.73 Å². The lowest BCUT2D eigenvalue weighted by Gasteiger charge is -2.09. The molecule has 0 aliphatic heterocycles. The lowest BCUT2D eigenvalue weighted by Crippen LogP contribution is -2.06. The van der Waals surface area contributed by atoms with E-state index in [0.29, 0.717) is 17.9 Å². The molecule has 0 fully saturated rings. The fraction of sp³-hybridized carbons (Fsp3) is 0.214. The van der Waals surface area contributed by atoms with Crippen molar-refractivity contribution in [3.63, 3.8) is 0 Å². The number of aromatic nitrogens is 1. The van der Waals surface area contributed by atoms with Crippen molar-refractivity contribution in [3.05, 3.63) is 53.2 Å². The molecule has 2 aromatic rings. The van der Waals surface area contributed by atoms with Crippen LogP contribution in [0, 0.1) is 6.92 Å². The molecule has 1 aromatic carbocycles. The summed E-state index contributed by atoms with van der Waals surface area (Å²) in [4.78, 5) is 11.4. The molecular weight excluding hydrogens is 212 g/mol. The summed E-state index contributed by atoms with van der Waals surface area (Å²) in [6.07, 6.45) is 0. The van der Waals surface area contributed by atoms with Gasteiger partial charge in [0.25, 0.3) is 0 Å². The van der Waals surface area contributed by atoms with Crippen LogP contribution in [0.25, 0.3) is 0 Å². The Hall–Kier alpha value is -2.03. The van der Waals surface area contributed by atoms with Crippen molar-refractivity contribution in [1.82, 2.24) is 4.57 Å². The largest absolute Gasteiger partial charge is 0.385 e. The summed E-state index contributed by atoms with van der Waals surface area (Å²) in [5, 5.41) is 0.